The minimum atomic E-state index is 0.663. The Labute approximate surface area is 234 Å². The average Bonchev–Trinajstić information content (AvgIpc) is 2.88. The largest absolute Gasteiger partial charge is 0.313 e. The van der Waals surface area contributed by atoms with E-state index in [4.69, 9.17) is 0 Å². The fourth-order valence-corrected chi connectivity index (χ4v) is 7.06. The Bertz CT molecular complexity index is 495. The lowest BCUT2D eigenvalue weighted by molar-refractivity contribution is -0.0481. The number of piperidine rings is 1. The van der Waals surface area contributed by atoms with Crippen LogP contribution in [0, 0.1) is 11.3 Å². The van der Waals surface area contributed by atoms with Crippen LogP contribution >= 0.6 is 0 Å². The summed E-state index contributed by atoms with van der Waals surface area (Å²) in [5.74, 6) is 0.953. The van der Waals surface area contributed by atoms with Crippen LogP contribution in [0.2, 0.25) is 0 Å². The predicted octanol–water partition coefficient (Wildman–Crippen LogP) is 9.06. The van der Waals surface area contributed by atoms with Gasteiger partial charge in [0.05, 0.1) is 0 Å². The molecule has 0 aromatic rings. The minimum Gasteiger partial charge on any atom is -0.313 e. The van der Waals surface area contributed by atoms with Gasteiger partial charge in [0.25, 0.3) is 0 Å². The lowest BCUT2D eigenvalue weighted by Gasteiger charge is -2.54. The summed E-state index contributed by atoms with van der Waals surface area (Å²) in [5, 5.41) is 3.96. The van der Waals surface area contributed by atoms with E-state index in [0.29, 0.717) is 5.41 Å². The Morgan fingerprint density at radius 1 is 0.595 bits per heavy atom. The Morgan fingerprint density at radius 3 is 1.65 bits per heavy atom. The van der Waals surface area contributed by atoms with Crippen molar-refractivity contribution >= 4 is 0 Å². The lowest BCUT2D eigenvalue weighted by Crippen LogP contribution is -2.61. The number of nitrogens with one attached hydrogen (secondary N) is 1. The molecule has 3 nitrogen and oxygen atoms in total. The zero-order valence-electron chi connectivity index (χ0n) is 26.1. The highest BCUT2D eigenvalue weighted by Crippen LogP contribution is 2.40. The summed E-state index contributed by atoms with van der Waals surface area (Å²) in [4.78, 5) is 5.61. The summed E-state index contributed by atoms with van der Waals surface area (Å²) in [6, 6.07) is 0.758. The Kier molecular flexibility index (Phi) is 18.5. The summed E-state index contributed by atoms with van der Waals surface area (Å²) in [7, 11) is 0. The van der Waals surface area contributed by atoms with E-state index >= 15 is 0 Å². The first-order chi connectivity index (χ1) is 18.1. The quantitative estimate of drug-likeness (QED) is 0.128. The van der Waals surface area contributed by atoms with Crippen LogP contribution in [0.3, 0.4) is 0 Å². The zero-order chi connectivity index (χ0) is 26.6. The summed E-state index contributed by atoms with van der Waals surface area (Å²) in [6.45, 7) is 18.6. The molecule has 220 valence electrons. The van der Waals surface area contributed by atoms with E-state index in [2.05, 4.69) is 42.8 Å². The lowest BCUT2D eigenvalue weighted by atomic mass is 9.72. The van der Waals surface area contributed by atoms with Crippen LogP contribution in [-0.2, 0) is 0 Å². The summed E-state index contributed by atoms with van der Waals surface area (Å²) in [6.07, 6.45) is 28.3. The van der Waals surface area contributed by atoms with E-state index in [1.165, 1.54) is 174 Å². The molecule has 3 heteroatoms. The molecule has 2 heterocycles. The molecule has 1 unspecified atom stereocenters. The fraction of sp³-hybridized carbons (Fsp3) is 1.00. The van der Waals surface area contributed by atoms with Crippen LogP contribution in [0.25, 0.3) is 0 Å². The molecule has 2 saturated heterocycles. The highest BCUT2D eigenvalue weighted by molar-refractivity contribution is 4.98. The van der Waals surface area contributed by atoms with E-state index in [1.54, 1.807) is 0 Å². The average molecular weight is 520 g/mol. The van der Waals surface area contributed by atoms with Crippen molar-refractivity contribution in [2.45, 2.75) is 162 Å². The standard InChI is InChI=1S/C34H69N3/c1-5-9-13-14-18-20-32(19-15-10-6-2)29-36-26-23-34(24-27-36)30-37(31-34)28-25-35-33(21-16-11-7-3)22-17-12-8-4/h32-33,35H,5-31H2,1-4H3. The number of hydrogen-bond acceptors (Lipinski definition) is 3. The smallest absolute Gasteiger partial charge is 0.0107 e. The molecule has 1 atom stereocenters. The molecule has 0 saturated carbocycles. The number of rotatable bonds is 24. The van der Waals surface area contributed by atoms with Gasteiger partial charge in [0.2, 0.25) is 0 Å². The van der Waals surface area contributed by atoms with Crippen molar-refractivity contribution < 1.29 is 0 Å². The summed E-state index contributed by atoms with van der Waals surface area (Å²) >= 11 is 0. The van der Waals surface area contributed by atoms with E-state index < -0.39 is 0 Å². The van der Waals surface area contributed by atoms with Crippen LogP contribution in [0.1, 0.15) is 156 Å². The first kappa shape index (κ1) is 33.1. The first-order valence-corrected chi connectivity index (χ1v) is 17.3. The molecule has 0 aromatic carbocycles. The van der Waals surface area contributed by atoms with Gasteiger partial charge >= 0.3 is 0 Å². The van der Waals surface area contributed by atoms with Gasteiger partial charge in [-0.25, -0.2) is 0 Å². The minimum absolute atomic E-state index is 0.663. The molecule has 2 rings (SSSR count). The molecule has 2 aliphatic heterocycles. The van der Waals surface area contributed by atoms with Gasteiger partial charge in [-0.2, -0.15) is 0 Å². The monoisotopic (exact) mass is 520 g/mol. The van der Waals surface area contributed by atoms with Gasteiger partial charge in [-0.1, -0.05) is 118 Å². The van der Waals surface area contributed by atoms with Gasteiger partial charge < -0.3 is 15.1 Å². The highest BCUT2D eigenvalue weighted by Gasteiger charge is 2.44. The van der Waals surface area contributed by atoms with Crippen molar-refractivity contribution in [2.24, 2.45) is 11.3 Å². The molecule has 37 heavy (non-hydrogen) atoms. The summed E-state index contributed by atoms with van der Waals surface area (Å²) < 4.78 is 0. The molecule has 0 aromatic heterocycles. The molecule has 2 aliphatic rings. The number of unbranched alkanes of at least 4 members (excludes halogenated alkanes) is 10. The molecule has 0 amide bonds. The number of hydrogen-bond donors (Lipinski definition) is 1. The second kappa shape index (κ2) is 20.7. The van der Waals surface area contributed by atoms with E-state index in [-0.39, 0.29) is 0 Å². The van der Waals surface area contributed by atoms with Crippen molar-refractivity contribution in [1.82, 2.24) is 15.1 Å². The number of nitrogens with zero attached hydrogens (tertiary/aromatic N) is 2. The third kappa shape index (κ3) is 14.2. The van der Waals surface area contributed by atoms with Crippen molar-refractivity contribution in [2.75, 3.05) is 45.8 Å². The number of likely N-dealkylation sites (tertiary alicyclic amines) is 2. The molecule has 1 N–H and O–H groups in total. The molecular weight excluding hydrogens is 450 g/mol. The first-order valence-electron chi connectivity index (χ1n) is 17.3. The summed E-state index contributed by atoms with van der Waals surface area (Å²) in [5.41, 5.74) is 0.663. The zero-order valence-corrected chi connectivity index (χ0v) is 26.1. The maximum Gasteiger partial charge on any atom is 0.0107 e. The molecule has 0 radical (unpaired) electrons. The fourth-order valence-electron chi connectivity index (χ4n) is 7.06. The van der Waals surface area contributed by atoms with E-state index in [9.17, 15) is 0 Å². The van der Waals surface area contributed by atoms with Gasteiger partial charge in [0.15, 0.2) is 0 Å². The third-order valence-electron chi connectivity index (χ3n) is 9.66. The Morgan fingerprint density at radius 2 is 1.08 bits per heavy atom. The second-order valence-corrected chi connectivity index (χ2v) is 13.2. The normalized spacial score (nSPS) is 19.1. The van der Waals surface area contributed by atoms with E-state index in [1.807, 2.05) is 0 Å². The molecule has 1 spiro atoms. The van der Waals surface area contributed by atoms with Crippen LogP contribution < -0.4 is 5.32 Å². The van der Waals surface area contributed by atoms with Crippen LogP contribution in [0.15, 0.2) is 0 Å². The van der Waals surface area contributed by atoms with Crippen LogP contribution in [0.5, 0.6) is 0 Å². The van der Waals surface area contributed by atoms with Crippen LogP contribution in [0.4, 0.5) is 0 Å². The molecule has 2 fully saturated rings. The molecule has 0 bridgehead atoms. The Balaban J connectivity index is 1.63. The maximum absolute atomic E-state index is 3.96. The van der Waals surface area contributed by atoms with Gasteiger partial charge in [-0.3, -0.25) is 0 Å². The predicted molar refractivity (Wildman–Crippen MR) is 166 cm³/mol. The molecular formula is C34H69N3. The highest BCUT2D eigenvalue weighted by atomic mass is 15.2. The van der Waals surface area contributed by atoms with Gasteiger partial charge in [0, 0.05) is 38.8 Å². The van der Waals surface area contributed by atoms with Crippen molar-refractivity contribution in [3.8, 4) is 0 Å². The van der Waals surface area contributed by atoms with E-state index in [0.717, 1.165) is 12.0 Å². The van der Waals surface area contributed by atoms with Gasteiger partial charge in [0.1, 0.15) is 0 Å². The third-order valence-corrected chi connectivity index (χ3v) is 9.66. The van der Waals surface area contributed by atoms with Crippen molar-refractivity contribution in [3.05, 3.63) is 0 Å². The second-order valence-electron chi connectivity index (χ2n) is 13.2. The maximum atomic E-state index is 3.96. The Hall–Kier alpha value is -0.120. The van der Waals surface area contributed by atoms with Gasteiger partial charge in [-0.15, -0.1) is 0 Å². The van der Waals surface area contributed by atoms with Crippen molar-refractivity contribution in [1.29, 1.82) is 0 Å². The topological polar surface area (TPSA) is 18.5 Å². The van der Waals surface area contributed by atoms with Crippen LogP contribution in [-0.4, -0.2) is 61.7 Å². The van der Waals surface area contributed by atoms with Gasteiger partial charge in [-0.05, 0) is 62.9 Å². The van der Waals surface area contributed by atoms with Crippen molar-refractivity contribution in [3.63, 3.8) is 0 Å². The molecule has 0 aliphatic carbocycles. The SMILES string of the molecule is CCCCCCCC(CCCCC)CN1CCC2(CC1)CN(CCNC(CCCCC)CCCCC)C2.